The van der Waals surface area contributed by atoms with Crippen LogP contribution in [0.15, 0.2) is 58.3 Å². The fraction of sp³-hybridized carbons (Fsp3) is 0.217. The smallest absolute Gasteiger partial charge is 0.257 e. The van der Waals surface area contributed by atoms with E-state index < -0.39 is 0 Å². The van der Waals surface area contributed by atoms with Gasteiger partial charge in [-0.25, -0.2) is 4.98 Å². The summed E-state index contributed by atoms with van der Waals surface area (Å²) in [5, 5.41) is 13.7. The van der Waals surface area contributed by atoms with Crippen molar-refractivity contribution < 1.29 is 9.21 Å². The first-order chi connectivity index (χ1) is 14.3. The lowest BCUT2D eigenvalue weighted by atomic mass is 9.93. The highest BCUT2D eigenvalue weighted by Gasteiger charge is 2.19. The van der Waals surface area contributed by atoms with E-state index in [1.165, 1.54) is 11.3 Å². The predicted octanol–water partition coefficient (Wildman–Crippen LogP) is 5.72. The van der Waals surface area contributed by atoms with Crippen LogP contribution < -0.4 is 5.32 Å². The number of nitrogens with one attached hydrogen (secondary N) is 1. The Hall–Kier alpha value is -3.32. The molecule has 152 valence electrons. The minimum atomic E-state index is -0.206. The minimum Gasteiger partial charge on any atom is -0.416 e. The molecule has 6 nitrogen and oxygen atoms in total. The predicted molar refractivity (Wildman–Crippen MR) is 119 cm³/mol. The molecule has 1 N–H and O–H groups in total. The number of nitrogens with zero attached hydrogens (tertiary/aromatic N) is 3. The third-order valence-corrected chi connectivity index (χ3v) is 5.45. The van der Waals surface area contributed by atoms with E-state index in [1.807, 2.05) is 36.6 Å². The van der Waals surface area contributed by atoms with Crippen molar-refractivity contribution in [3.63, 3.8) is 0 Å². The second-order valence-electron chi connectivity index (χ2n) is 8.05. The van der Waals surface area contributed by atoms with Crippen LogP contribution in [-0.2, 0) is 5.41 Å². The van der Waals surface area contributed by atoms with Gasteiger partial charge in [-0.15, -0.1) is 21.5 Å². The van der Waals surface area contributed by atoms with Crippen molar-refractivity contribution in [3.05, 3.63) is 70.7 Å². The SMILES string of the molecule is Cc1ccccc1-c1nnc(-c2ccc(C(=O)Nc3nc(C(C)(C)C)cs3)cc2)o1. The molecule has 0 spiro atoms. The number of carbonyl (C=O) groups is 1. The Balaban J connectivity index is 1.49. The monoisotopic (exact) mass is 418 g/mol. The van der Waals surface area contributed by atoms with Crippen LogP contribution in [0.3, 0.4) is 0 Å². The molecule has 2 aromatic heterocycles. The molecular formula is C23H22N4O2S. The molecule has 0 saturated heterocycles. The summed E-state index contributed by atoms with van der Waals surface area (Å²) in [6, 6.07) is 14.9. The van der Waals surface area contributed by atoms with Crippen LogP contribution in [-0.4, -0.2) is 21.1 Å². The van der Waals surface area contributed by atoms with E-state index in [0.29, 0.717) is 22.5 Å². The lowest BCUT2D eigenvalue weighted by Crippen LogP contribution is -2.14. The summed E-state index contributed by atoms with van der Waals surface area (Å²) in [5.41, 5.74) is 4.16. The summed E-state index contributed by atoms with van der Waals surface area (Å²) < 4.78 is 5.84. The van der Waals surface area contributed by atoms with Crippen LogP contribution >= 0.6 is 11.3 Å². The van der Waals surface area contributed by atoms with Gasteiger partial charge in [-0.1, -0.05) is 39.0 Å². The number of rotatable bonds is 4. The molecule has 4 aromatic rings. The maximum atomic E-state index is 12.6. The number of aryl methyl sites for hydroxylation is 1. The Morgan fingerprint density at radius 2 is 1.70 bits per heavy atom. The fourth-order valence-electron chi connectivity index (χ4n) is 2.87. The van der Waals surface area contributed by atoms with E-state index in [2.05, 4.69) is 41.3 Å². The molecular weight excluding hydrogens is 396 g/mol. The number of hydrogen-bond acceptors (Lipinski definition) is 6. The first-order valence-electron chi connectivity index (χ1n) is 9.58. The molecule has 0 aliphatic heterocycles. The third-order valence-electron chi connectivity index (χ3n) is 4.69. The number of benzene rings is 2. The lowest BCUT2D eigenvalue weighted by Gasteiger charge is -2.14. The van der Waals surface area contributed by atoms with Crippen molar-refractivity contribution in [1.29, 1.82) is 0 Å². The van der Waals surface area contributed by atoms with Crippen molar-refractivity contribution in [2.24, 2.45) is 0 Å². The average Bonchev–Trinajstić information content (AvgIpc) is 3.38. The van der Waals surface area contributed by atoms with E-state index >= 15 is 0 Å². The molecule has 7 heteroatoms. The average molecular weight is 419 g/mol. The Morgan fingerprint density at radius 3 is 2.37 bits per heavy atom. The Bertz CT molecular complexity index is 1190. The van der Waals surface area contributed by atoms with Gasteiger partial charge in [0.2, 0.25) is 11.8 Å². The van der Waals surface area contributed by atoms with Crippen molar-refractivity contribution in [3.8, 4) is 22.9 Å². The fourth-order valence-corrected chi connectivity index (χ4v) is 3.80. The summed E-state index contributed by atoms with van der Waals surface area (Å²) in [7, 11) is 0. The maximum absolute atomic E-state index is 12.6. The van der Waals surface area contributed by atoms with Gasteiger partial charge in [0.15, 0.2) is 5.13 Å². The van der Waals surface area contributed by atoms with Gasteiger partial charge in [0.1, 0.15) is 0 Å². The van der Waals surface area contributed by atoms with Gasteiger partial charge in [-0.2, -0.15) is 0 Å². The zero-order chi connectivity index (χ0) is 21.3. The van der Waals surface area contributed by atoms with Gasteiger partial charge in [0.05, 0.1) is 5.69 Å². The molecule has 0 saturated carbocycles. The number of thiazole rings is 1. The first kappa shape index (κ1) is 20.0. The van der Waals surface area contributed by atoms with Crippen molar-refractivity contribution in [1.82, 2.24) is 15.2 Å². The van der Waals surface area contributed by atoms with Gasteiger partial charge in [-0.05, 0) is 42.8 Å². The molecule has 1 amide bonds. The van der Waals surface area contributed by atoms with Gasteiger partial charge < -0.3 is 4.42 Å². The highest BCUT2D eigenvalue weighted by atomic mass is 32.1. The molecule has 0 unspecified atom stereocenters. The number of hydrogen-bond donors (Lipinski definition) is 1. The van der Waals surface area contributed by atoms with Crippen LogP contribution in [0.4, 0.5) is 5.13 Å². The molecule has 0 atom stereocenters. The Labute approximate surface area is 179 Å². The Morgan fingerprint density at radius 1 is 1.00 bits per heavy atom. The molecule has 4 rings (SSSR count). The topological polar surface area (TPSA) is 80.9 Å². The minimum absolute atomic E-state index is 0.0532. The van der Waals surface area contributed by atoms with Crippen molar-refractivity contribution in [2.75, 3.05) is 5.32 Å². The van der Waals surface area contributed by atoms with E-state index in [0.717, 1.165) is 22.4 Å². The largest absolute Gasteiger partial charge is 0.416 e. The number of carbonyl (C=O) groups excluding carboxylic acids is 1. The van der Waals surface area contributed by atoms with E-state index in [1.54, 1.807) is 24.3 Å². The summed E-state index contributed by atoms with van der Waals surface area (Å²) in [6.07, 6.45) is 0. The van der Waals surface area contributed by atoms with Crippen LogP contribution in [0, 0.1) is 6.92 Å². The third kappa shape index (κ3) is 4.16. The van der Waals surface area contributed by atoms with Crippen molar-refractivity contribution >= 4 is 22.4 Å². The second-order valence-corrected chi connectivity index (χ2v) is 8.90. The first-order valence-corrected chi connectivity index (χ1v) is 10.5. The van der Waals surface area contributed by atoms with Gasteiger partial charge in [0, 0.05) is 27.5 Å². The van der Waals surface area contributed by atoms with E-state index in [9.17, 15) is 4.79 Å². The van der Waals surface area contributed by atoms with E-state index in [4.69, 9.17) is 4.42 Å². The molecule has 2 aromatic carbocycles. The molecule has 0 aliphatic carbocycles. The quantitative estimate of drug-likeness (QED) is 0.458. The molecule has 2 heterocycles. The van der Waals surface area contributed by atoms with Crippen LogP contribution in [0.2, 0.25) is 0 Å². The van der Waals surface area contributed by atoms with Gasteiger partial charge in [0.25, 0.3) is 5.91 Å². The summed E-state index contributed by atoms with van der Waals surface area (Å²) in [5.74, 6) is 0.681. The number of aromatic nitrogens is 3. The number of anilines is 1. The van der Waals surface area contributed by atoms with Crippen LogP contribution in [0.1, 0.15) is 42.4 Å². The van der Waals surface area contributed by atoms with E-state index in [-0.39, 0.29) is 11.3 Å². The summed E-state index contributed by atoms with van der Waals surface area (Å²) in [6.45, 7) is 8.27. The molecule has 0 bridgehead atoms. The maximum Gasteiger partial charge on any atom is 0.257 e. The summed E-state index contributed by atoms with van der Waals surface area (Å²) >= 11 is 1.42. The normalized spacial score (nSPS) is 11.5. The Kier molecular flexibility index (Phi) is 5.22. The second kappa shape index (κ2) is 7.84. The van der Waals surface area contributed by atoms with Crippen LogP contribution in [0.25, 0.3) is 22.9 Å². The zero-order valence-electron chi connectivity index (χ0n) is 17.3. The lowest BCUT2D eigenvalue weighted by molar-refractivity contribution is 0.102. The van der Waals surface area contributed by atoms with Crippen LogP contribution in [0.5, 0.6) is 0 Å². The van der Waals surface area contributed by atoms with Crippen molar-refractivity contribution in [2.45, 2.75) is 33.1 Å². The standard InChI is InChI=1S/C23H22N4O2S/c1-14-7-5-6-8-17(14)21-27-26-20(29-21)16-11-9-15(10-12-16)19(28)25-22-24-18(13-30-22)23(2,3)4/h5-13H,1-4H3,(H,24,25,28). The molecule has 0 radical (unpaired) electrons. The van der Waals surface area contributed by atoms with Gasteiger partial charge >= 0.3 is 0 Å². The highest BCUT2D eigenvalue weighted by Crippen LogP contribution is 2.28. The number of amides is 1. The molecule has 0 aliphatic rings. The van der Waals surface area contributed by atoms with Gasteiger partial charge in [-0.3, -0.25) is 10.1 Å². The zero-order valence-corrected chi connectivity index (χ0v) is 18.1. The molecule has 30 heavy (non-hydrogen) atoms. The molecule has 0 fully saturated rings. The highest BCUT2D eigenvalue weighted by molar-refractivity contribution is 7.14. The summed E-state index contributed by atoms with van der Waals surface area (Å²) in [4.78, 5) is 17.1.